The van der Waals surface area contributed by atoms with Crippen LogP contribution in [0.3, 0.4) is 0 Å². The number of benzene rings is 5. The first-order chi connectivity index (χ1) is 36.0. The molecule has 5 aromatic rings. The monoisotopic (exact) mass is 1120 g/mol. The Balaban J connectivity index is 1.05. The van der Waals surface area contributed by atoms with Crippen LogP contribution in [-0.2, 0) is 40.4 Å². The highest BCUT2D eigenvalue weighted by atomic mass is 35.5. The molecule has 0 radical (unpaired) electrons. The number of sulfone groups is 2. The number of hydrogen-bond acceptors (Lipinski definition) is 12. The van der Waals surface area contributed by atoms with Crippen molar-refractivity contribution in [3.05, 3.63) is 143 Å². The van der Waals surface area contributed by atoms with E-state index in [4.69, 9.17) is 21.1 Å². The van der Waals surface area contributed by atoms with Gasteiger partial charge in [-0.3, -0.25) is 14.5 Å². The zero-order chi connectivity index (χ0) is 54.8. The highest BCUT2D eigenvalue weighted by molar-refractivity contribution is 7.99. The van der Waals surface area contributed by atoms with Gasteiger partial charge >= 0.3 is 11.6 Å². The zero-order valence-corrected chi connectivity index (χ0v) is 46.1. The van der Waals surface area contributed by atoms with Gasteiger partial charge in [-0.25, -0.2) is 21.6 Å². The van der Waals surface area contributed by atoms with Gasteiger partial charge in [-0.2, -0.15) is 13.2 Å². The molecule has 20 heteroatoms. The Morgan fingerprint density at radius 3 is 2.13 bits per heavy atom. The second kappa shape index (κ2) is 25.4. The maximum Gasteiger partial charge on any atom is 0.501 e. The minimum Gasteiger partial charge on any atom is -0.444 e. The normalized spacial score (nSPS) is 15.9. The van der Waals surface area contributed by atoms with Crippen molar-refractivity contribution in [2.45, 2.75) is 78.3 Å². The van der Waals surface area contributed by atoms with E-state index in [1.54, 1.807) is 45.0 Å². The topological polar surface area (TPSA) is 160 Å². The van der Waals surface area contributed by atoms with E-state index in [0.717, 1.165) is 39.4 Å². The predicted molar refractivity (Wildman–Crippen MR) is 290 cm³/mol. The van der Waals surface area contributed by atoms with Crippen LogP contribution in [0.1, 0.15) is 67.6 Å². The molecule has 0 unspecified atom stereocenters. The van der Waals surface area contributed by atoms with Crippen LogP contribution in [0.2, 0.25) is 5.02 Å². The van der Waals surface area contributed by atoms with Crippen LogP contribution in [0.15, 0.2) is 136 Å². The Labute approximate surface area is 453 Å². The first-order valence-corrected chi connectivity index (χ1v) is 29.6. The molecule has 0 saturated carbocycles. The number of nitrogens with one attached hydrogen (secondary N) is 1. The summed E-state index contributed by atoms with van der Waals surface area (Å²) in [6.07, 6.45) is 1.10. The summed E-state index contributed by atoms with van der Waals surface area (Å²) in [5.74, 6) is -2.18. The van der Waals surface area contributed by atoms with Crippen molar-refractivity contribution < 1.29 is 53.9 Å². The third-order valence-electron chi connectivity index (χ3n) is 13.4. The van der Waals surface area contributed by atoms with Crippen LogP contribution < -0.4 is 10.2 Å². The number of amides is 2. The first-order valence-electron chi connectivity index (χ1n) is 25.1. The second-order valence-electron chi connectivity index (χ2n) is 20.2. The van der Waals surface area contributed by atoms with Gasteiger partial charge in [0.25, 0.3) is 9.84 Å². The van der Waals surface area contributed by atoms with Crippen molar-refractivity contribution in [1.29, 1.82) is 0 Å². The Hall–Kier alpha value is -5.44. The minimum atomic E-state index is -6.02. The van der Waals surface area contributed by atoms with E-state index in [-0.39, 0.29) is 41.8 Å². The Kier molecular flexibility index (Phi) is 19.4. The molecule has 2 amide bonds. The number of alkyl halides is 3. The number of carbonyl (C=O) groups is 3. The molecular weight excluding hydrogens is 1060 g/mol. The summed E-state index contributed by atoms with van der Waals surface area (Å²) in [4.78, 5) is 44.7. The molecular formula is C56H64ClF3N4O9S3. The molecule has 0 aliphatic carbocycles. The lowest BCUT2D eigenvalue weighted by atomic mass is 9.82. The van der Waals surface area contributed by atoms with Gasteiger partial charge in [-0.1, -0.05) is 72.3 Å². The number of morpholine rings is 1. The quantitative estimate of drug-likeness (QED) is 0.0581. The van der Waals surface area contributed by atoms with Gasteiger partial charge in [0.1, 0.15) is 17.9 Å². The van der Waals surface area contributed by atoms with Gasteiger partial charge in [-0.15, -0.1) is 11.8 Å². The summed E-state index contributed by atoms with van der Waals surface area (Å²) >= 11 is 7.74. The molecule has 2 fully saturated rings. The Morgan fingerprint density at radius 1 is 0.842 bits per heavy atom. The van der Waals surface area contributed by atoms with Gasteiger partial charge in [0.05, 0.1) is 29.0 Å². The molecule has 1 N–H and O–H groups in total. The van der Waals surface area contributed by atoms with Crippen molar-refractivity contribution in [2.24, 2.45) is 11.8 Å². The van der Waals surface area contributed by atoms with E-state index in [2.05, 4.69) is 15.1 Å². The number of likely N-dealkylation sites (N-methyl/N-ethyl adjacent to an activating group) is 1. The first kappa shape index (κ1) is 58.2. The summed E-state index contributed by atoms with van der Waals surface area (Å²) in [7, 11) is -9.16. The highest BCUT2D eigenvalue weighted by Crippen LogP contribution is 2.39. The summed E-state index contributed by atoms with van der Waals surface area (Å²) in [5, 5.41) is 3.81. The van der Waals surface area contributed by atoms with Crippen molar-refractivity contribution in [3.63, 3.8) is 0 Å². The number of rotatable bonds is 20. The summed E-state index contributed by atoms with van der Waals surface area (Å²) < 4.78 is 108. The van der Waals surface area contributed by atoms with Crippen LogP contribution in [0, 0.1) is 11.8 Å². The lowest BCUT2D eigenvalue weighted by Crippen LogP contribution is -2.45. The smallest absolute Gasteiger partial charge is 0.444 e. The predicted octanol–water partition coefficient (Wildman–Crippen LogP) is 10.6. The van der Waals surface area contributed by atoms with Crippen LogP contribution in [0.4, 0.5) is 23.7 Å². The fraction of sp³-hybridized carbons (Fsp3) is 0.411. The third kappa shape index (κ3) is 15.6. The number of anilines is 1. The van der Waals surface area contributed by atoms with Gasteiger partial charge in [0.2, 0.25) is 5.91 Å². The van der Waals surface area contributed by atoms with Crippen molar-refractivity contribution in [1.82, 2.24) is 15.1 Å². The molecule has 0 spiro atoms. The van der Waals surface area contributed by atoms with Gasteiger partial charge in [0, 0.05) is 60.1 Å². The molecule has 2 atom stereocenters. The number of nitrogens with zero attached hydrogens (tertiary/aromatic N) is 3. The number of hydrogen-bond donors (Lipinski definition) is 1. The van der Waals surface area contributed by atoms with E-state index in [9.17, 15) is 44.4 Å². The number of thioether (sulfide) groups is 1. The third-order valence-corrected chi connectivity index (χ3v) is 18.1. The average molecular weight is 1130 g/mol. The molecule has 5 aromatic carbocycles. The lowest BCUT2D eigenvalue weighted by molar-refractivity contribution is -0.123. The standard InChI is InChI=1S/C56H64ClF3N4O9S3/c1-55(2,3)73-54(67)62(4)36-52(66)61-53(49-13-9-8-12-48(49)40-14-19-44(57)20-15-40)42-25-28-64(29-26-42)45-21-16-41(17-22-45)50(65)38-75(68,69)47-23-18-43(51(35-47)76(70,71)56(58,59)60)34-39(24-27-63-30-32-72-33-31-63)37-74-46-10-6-5-7-11-46/h5-23,35,39,42,53H,24-34,36-38H2,1-4H3,(H,61,66)/t39-,53+/m0/s1. The maximum absolute atomic E-state index is 14.3. The van der Waals surface area contributed by atoms with Gasteiger partial charge in [0.15, 0.2) is 15.6 Å². The fourth-order valence-corrected chi connectivity index (χ4v) is 12.9. The Morgan fingerprint density at radius 2 is 1.49 bits per heavy atom. The molecule has 2 aliphatic heterocycles. The number of carbonyl (C=O) groups excluding carboxylic acids is 3. The molecule has 2 aliphatic rings. The molecule has 76 heavy (non-hydrogen) atoms. The van der Waals surface area contributed by atoms with Gasteiger partial charge in [-0.05, 0) is 148 Å². The number of Topliss-reactive ketones (excluding diaryl/α,β-unsaturated/α-hetero) is 1. The van der Waals surface area contributed by atoms with Crippen LogP contribution in [0.5, 0.6) is 0 Å². The van der Waals surface area contributed by atoms with E-state index >= 15 is 0 Å². The zero-order valence-electron chi connectivity index (χ0n) is 42.9. The number of piperidine rings is 1. The van der Waals surface area contributed by atoms with Crippen molar-refractivity contribution in [2.75, 3.05) is 75.9 Å². The van der Waals surface area contributed by atoms with Crippen molar-refractivity contribution >= 4 is 66.5 Å². The summed E-state index contributed by atoms with van der Waals surface area (Å²) in [6, 6.07) is 33.3. The summed E-state index contributed by atoms with van der Waals surface area (Å²) in [5.41, 5.74) is -3.13. The van der Waals surface area contributed by atoms with E-state index < -0.39 is 64.2 Å². The highest BCUT2D eigenvalue weighted by Gasteiger charge is 2.48. The molecule has 0 aromatic heterocycles. The molecule has 2 saturated heterocycles. The molecule has 0 bridgehead atoms. The fourth-order valence-electron chi connectivity index (χ4n) is 9.39. The molecule has 2 heterocycles. The minimum absolute atomic E-state index is 0.0407. The lowest BCUT2D eigenvalue weighted by Gasteiger charge is -2.38. The number of ether oxygens (including phenoxy) is 2. The summed E-state index contributed by atoms with van der Waals surface area (Å²) in [6.45, 7) is 9.21. The number of halogens is 4. The van der Waals surface area contributed by atoms with Crippen LogP contribution >= 0.6 is 23.4 Å². The average Bonchev–Trinajstić information content (AvgIpc) is 3.41. The SMILES string of the molecule is CN(CC(=O)N[C@@H](c1ccccc1-c1ccc(Cl)cc1)C1CCN(c2ccc(C(=O)CS(=O)(=O)c3ccc(C[C@H](CCN4CCOCC4)CSc4ccccc4)c(S(=O)(=O)C(F)(F)F)c3)cc2)CC1)C(=O)OC(C)(C)C. The van der Waals surface area contributed by atoms with E-state index in [1.165, 1.54) is 35.8 Å². The van der Waals surface area contributed by atoms with Crippen molar-refractivity contribution in [3.8, 4) is 11.1 Å². The molecule has 7 rings (SSSR count). The van der Waals surface area contributed by atoms with Crippen LogP contribution in [0.25, 0.3) is 11.1 Å². The maximum atomic E-state index is 14.3. The number of ketones is 1. The van der Waals surface area contributed by atoms with E-state index in [0.29, 0.717) is 82.0 Å². The molecule has 408 valence electrons. The molecule has 13 nitrogen and oxygen atoms in total. The second-order valence-corrected chi connectivity index (χ2v) is 25.6. The van der Waals surface area contributed by atoms with Gasteiger partial charge < -0.3 is 24.6 Å². The van der Waals surface area contributed by atoms with E-state index in [1.807, 2.05) is 66.7 Å². The largest absolute Gasteiger partial charge is 0.501 e. The Bertz CT molecular complexity index is 3020. The van der Waals surface area contributed by atoms with Crippen LogP contribution in [-0.4, -0.2) is 127 Å².